The van der Waals surface area contributed by atoms with Gasteiger partial charge in [0.25, 0.3) is 0 Å². The Kier molecular flexibility index (Phi) is 3.66. The van der Waals surface area contributed by atoms with E-state index in [9.17, 15) is 9.18 Å². The molecule has 1 unspecified atom stereocenters. The molecule has 0 amide bonds. The molecule has 0 spiro atoms. The Morgan fingerprint density at radius 3 is 2.73 bits per heavy atom. The van der Waals surface area contributed by atoms with Crippen molar-refractivity contribution in [1.29, 1.82) is 0 Å². The molecule has 0 heterocycles. The van der Waals surface area contributed by atoms with E-state index in [-0.39, 0.29) is 12.1 Å². The quantitative estimate of drug-likeness (QED) is 0.835. The van der Waals surface area contributed by atoms with Crippen molar-refractivity contribution in [3.8, 4) is 0 Å². The van der Waals surface area contributed by atoms with Gasteiger partial charge in [0.15, 0.2) is 0 Å². The van der Waals surface area contributed by atoms with Gasteiger partial charge in [-0.1, -0.05) is 11.6 Å². The second-order valence-corrected chi connectivity index (χ2v) is 3.69. The van der Waals surface area contributed by atoms with Gasteiger partial charge in [0.2, 0.25) is 0 Å². The normalized spacial score (nSPS) is 12.5. The second-order valence-electron chi connectivity index (χ2n) is 3.25. The largest absolute Gasteiger partial charge is 0.481 e. The molecule has 1 aromatic carbocycles. The summed E-state index contributed by atoms with van der Waals surface area (Å²) in [7, 11) is 0. The van der Waals surface area contributed by atoms with Crippen LogP contribution in [-0.4, -0.2) is 17.6 Å². The Morgan fingerprint density at radius 2 is 2.27 bits per heavy atom. The first-order valence-electron chi connectivity index (χ1n) is 4.35. The van der Waals surface area contributed by atoms with E-state index in [1.165, 1.54) is 19.1 Å². The van der Waals surface area contributed by atoms with E-state index < -0.39 is 17.7 Å². The molecule has 15 heavy (non-hydrogen) atoms. The third-order valence-corrected chi connectivity index (χ3v) is 2.37. The predicted molar refractivity (Wildman–Crippen MR) is 55.6 cm³/mol. The van der Waals surface area contributed by atoms with Crippen LogP contribution in [0.1, 0.15) is 17.0 Å². The van der Waals surface area contributed by atoms with Crippen molar-refractivity contribution in [2.75, 3.05) is 6.54 Å². The van der Waals surface area contributed by atoms with Gasteiger partial charge >= 0.3 is 5.97 Å². The summed E-state index contributed by atoms with van der Waals surface area (Å²) < 4.78 is 13.6. The Balaban J connectivity index is 3.28. The van der Waals surface area contributed by atoms with Crippen LogP contribution in [0.2, 0.25) is 5.02 Å². The monoisotopic (exact) mass is 231 g/mol. The minimum Gasteiger partial charge on any atom is -0.481 e. The Bertz CT molecular complexity index is 395. The van der Waals surface area contributed by atoms with Crippen LogP contribution in [0.4, 0.5) is 4.39 Å². The average Bonchev–Trinajstić information content (AvgIpc) is 2.13. The highest BCUT2D eigenvalue weighted by Crippen LogP contribution is 2.25. The number of rotatable bonds is 3. The molecule has 0 aliphatic carbocycles. The van der Waals surface area contributed by atoms with Crippen molar-refractivity contribution < 1.29 is 14.3 Å². The molecule has 0 aromatic heterocycles. The SMILES string of the molecule is Cc1cc(Cl)cc(C(CN)C(=O)O)c1F. The molecular formula is C10H11ClFNO2. The molecule has 0 bridgehead atoms. The van der Waals surface area contributed by atoms with Crippen molar-refractivity contribution in [3.63, 3.8) is 0 Å². The van der Waals surface area contributed by atoms with E-state index >= 15 is 0 Å². The van der Waals surface area contributed by atoms with Gasteiger partial charge in [-0.15, -0.1) is 0 Å². The van der Waals surface area contributed by atoms with Gasteiger partial charge < -0.3 is 10.8 Å². The summed E-state index contributed by atoms with van der Waals surface area (Å²) in [6, 6.07) is 2.74. The van der Waals surface area contributed by atoms with Gasteiger partial charge in [0.1, 0.15) is 5.82 Å². The molecular weight excluding hydrogens is 221 g/mol. The first-order valence-corrected chi connectivity index (χ1v) is 4.73. The molecule has 82 valence electrons. The number of carboxylic acid groups (broad SMARTS) is 1. The van der Waals surface area contributed by atoms with Gasteiger partial charge in [-0.3, -0.25) is 4.79 Å². The number of nitrogens with two attached hydrogens (primary N) is 1. The third-order valence-electron chi connectivity index (χ3n) is 2.16. The second kappa shape index (κ2) is 4.59. The minimum atomic E-state index is -1.15. The number of hydrogen-bond donors (Lipinski definition) is 2. The van der Waals surface area contributed by atoms with Crippen LogP contribution in [0, 0.1) is 12.7 Å². The molecule has 0 aliphatic rings. The zero-order chi connectivity index (χ0) is 11.6. The molecule has 0 fully saturated rings. The van der Waals surface area contributed by atoms with E-state index in [0.29, 0.717) is 10.6 Å². The van der Waals surface area contributed by atoms with E-state index in [0.717, 1.165) is 0 Å². The maximum atomic E-state index is 13.6. The van der Waals surface area contributed by atoms with Crippen LogP contribution in [-0.2, 0) is 4.79 Å². The zero-order valence-electron chi connectivity index (χ0n) is 8.13. The highest BCUT2D eigenvalue weighted by Gasteiger charge is 2.22. The van der Waals surface area contributed by atoms with Gasteiger partial charge in [-0.25, -0.2) is 4.39 Å². The summed E-state index contributed by atoms with van der Waals surface area (Å²) in [4.78, 5) is 10.8. The van der Waals surface area contributed by atoms with E-state index in [1.54, 1.807) is 0 Å². The molecule has 0 saturated heterocycles. The Hall–Kier alpha value is -1.13. The summed E-state index contributed by atoms with van der Waals surface area (Å²) in [6.45, 7) is 1.37. The van der Waals surface area contributed by atoms with Crippen molar-refractivity contribution in [1.82, 2.24) is 0 Å². The molecule has 0 aliphatic heterocycles. The fraction of sp³-hybridized carbons (Fsp3) is 0.300. The van der Waals surface area contributed by atoms with Crippen LogP contribution in [0.25, 0.3) is 0 Å². The molecule has 0 saturated carbocycles. The van der Waals surface area contributed by atoms with Gasteiger partial charge in [0.05, 0.1) is 5.92 Å². The molecule has 5 heteroatoms. The summed E-state index contributed by atoms with van der Waals surface area (Å²) in [5, 5.41) is 9.15. The number of carbonyl (C=O) groups is 1. The van der Waals surface area contributed by atoms with Crippen LogP contribution in [0.3, 0.4) is 0 Å². The smallest absolute Gasteiger partial charge is 0.312 e. The molecule has 3 N–H and O–H groups in total. The predicted octanol–water partition coefficient (Wildman–Crippen LogP) is 1.91. The lowest BCUT2D eigenvalue weighted by Crippen LogP contribution is -2.22. The summed E-state index contributed by atoms with van der Waals surface area (Å²) in [6.07, 6.45) is 0. The highest BCUT2D eigenvalue weighted by molar-refractivity contribution is 6.30. The third kappa shape index (κ3) is 2.46. The topological polar surface area (TPSA) is 63.3 Å². The summed E-state index contributed by atoms with van der Waals surface area (Å²) in [5.41, 5.74) is 5.64. The van der Waals surface area contributed by atoms with Gasteiger partial charge in [-0.2, -0.15) is 0 Å². The number of hydrogen-bond acceptors (Lipinski definition) is 2. The van der Waals surface area contributed by atoms with Crippen molar-refractivity contribution >= 4 is 17.6 Å². The van der Waals surface area contributed by atoms with Gasteiger partial charge in [-0.05, 0) is 24.6 Å². The minimum absolute atomic E-state index is 0.0370. The fourth-order valence-electron chi connectivity index (χ4n) is 1.37. The molecule has 3 nitrogen and oxygen atoms in total. The lowest BCUT2D eigenvalue weighted by molar-refractivity contribution is -0.138. The van der Waals surface area contributed by atoms with Crippen LogP contribution >= 0.6 is 11.6 Å². The van der Waals surface area contributed by atoms with E-state index in [2.05, 4.69) is 0 Å². The lowest BCUT2D eigenvalue weighted by Gasteiger charge is -2.13. The summed E-state index contributed by atoms with van der Waals surface area (Å²) >= 11 is 5.73. The van der Waals surface area contributed by atoms with Crippen molar-refractivity contribution in [2.24, 2.45) is 5.73 Å². The number of aliphatic carboxylic acids is 1. The van der Waals surface area contributed by atoms with Crippen LogP contribution in [0.5, 0.6) is 0 Å². The first-order chi connectivity index (χ1) is 6.97. The van der Waals surface area contributed by atoms with Crippen molar-refractivity contribution in [3.05, 3.63) is 34.1 Å². The Labute approximate surface area is 91.7 Å². The molecule has 1 aromatic rings. The van der Waals surface area contributed by atoms with Crippen LogP contribution < -0.4 is 5.73 Å². The van der Waals surface area contributed by atoms with Gasteiger partial charge in [0, 0.05) is 17.1 Å². The van der Waals surface area contributed by atoms with Crippen molar-refractivity contribution in [2.45, 2.75) is 12.8 Å². The molecule has 0 radical (unpaired) electrons. The zero-order valence-corrected chi connectivity index (χ0v) is 8.88. The number of carboxylic acids is 1. The number of aryl methyl sites for hydroxylation is 1. The fourth-order valence-corrected chi connectivity index (χ4v) is 1.65. The maximum absolute atomic E-state index is 13.6. The standard InChI is InChI=1S/C10H11ClFNO2/c1-5-2-6(11)3-7(9(5)12)8(4-13)10(14)15/h2-3,8H,4,13H2,1H3,(H,14,15). The van der Waals surface area contributed by atoms with E-state index in [4.69, 9.17) is 22.4 Å². The number of halogens is 2. The molecule has 1 atom stereocenters. The molecule has 1 rings (SSSR count). The Morgan fingerprint density at radius 1 is 1.67 bits per heavy atom. The number of benzene rings is 1. The average molecular weight is 232 g/mol. The van der Waals surface area contributed by atoms with Crippen LogP contribution in [0.15, 0.2) is 12.1 Å². The first kappa shape index (κ1) is 11.9. The van der Waals surface area contributed by atoms with E-state index in [1.807, 2.05) is 0 Å². The summed E-state index contributed by atoms with van der Waals surface area (Å²) in [5.74, 6) is -2.77. The maximum Gasteiger partial charge on any atom is 0.312 e. The highest BCUT2D eigenvalue weighted by atomic mass is 35.5. The lowest BCUT2D eigenvalue weighted by atomic mass is 9.97.